The molecule has 0 atom stereocenters. The van der Waals surface area contributed by atoms with Crippen molar-refractivity contribution in [1.82, 2.24) is 10.5 Å². The van der Waals surface area contributed by atoms with Crippen molar-refractivity contribution in [3.63, 3.8) is 0 Å². The first kappa shape index (κ1) is 19.3. The van der Waals surface area contributed by atoms with Crippen LogP contribution in [0.25, 0.3) is 11.3 Å². The molecule has 1 aliphatic heterocycles. The molecule has 1 saturated heterocycles. The highest BCUT2D eigenvalue weighted by Gasteiger charge is 2.19. The van der Waals surface area contributed by atoms with Crippen LogP contribution in [0.1, 0.15) is 10.5 Å². The highest BCUT2D eigenvalue weighted by Crippen LogP contribution is 2.30. The van der Waals surface area contributed by atoms with Crippen LogP contribution in [0.4, 0.5) is 11.4 Å². The average Bonchev–Trinajstić information content (AvgIpc) is 3.18. The summed E-state index contributed by atoms with van der Waals surface area (Å²) in [5.74, 6) is -0.0381. The van der Waals surface area contributed by atoms with Crippen LogP contribution in [0.3, 0.4) is 0 Å². The van der Waals surface area contributed by atoms with Crippen molar-refractivity contribution in [3.05, 3.63) is 64.3 Å². The summed E-state index contributed by atoms with van der Waals surface area (Å²) in [6.07, 6.45) is 0. The number of hydrogen-bond acceptors (Lipinski definition) is 5. The summed E-state index contributed by atoms with van der Waals surface area (Å²) < 4.78 is 5.26. The maximum Gasteiger partial charge on any atom is 0.277 e. The third-order valence-corrected chi connectivity index (χ3v) is 4.97. The van der Waals surface area contributed by atoms with Gasteiger partial charge in [-0.2, -0.15) is 0 Å². The van der Waals surface area contributed by atoms with Crippen LogP contribution in [-0.4, -0.2) is 36.6 Å². The number of amides is 2. The van der Waals surface area contributed by atoms with Crippen molar-refractivity contribution in [3.8, 4) is 11.3 Å². The van der Waals surface area contributed by atoms with Gasteiger partial charge in [0.05, 0.1) is 17.3 Å². The van der Waals surface area contributed by atoms with Gasteiger partial charge in [-0.05, 0) is 30.3 Å². The van der Waals surface area contributed by atoms with Crippen molar-refractivity contribution in [2.75, 3.05) is 29.9 Å². The molecule has 0 saturated carbocycles. The Labute approximate surface area is 176 Å². The molecule has 3 aromatic rings. The van der Waals surface area contributed by atoms with Crippen LogP contribution in [0.15, 0.2) is 53.1 Å². The van der Waals surface area contributed by atoms with Gasteiger partial charge in [0.25, 0.3) is 5.91 Å². The standard InChI is InChI=1S/C20H16Cl2N4O3/c21-13-3-1-2-12(8-13)18-10-16(25-29-18)20(28)24-14-4-5-17(15(22)9-14)26-7-6-23-19(27)11-26/h1-5,8-10H,6-7,11H2,(H,23,27)(H,24,28). The molecule has 1 fully saturated rings. The summed E-state index contributed by atoms with van der Waals surface area (Å²) in [7, 11) is 0. The lowest BCUT2D eigenvalue weighted by Crippen LogP contribution is -2.47. The minimum atomic E-state index is -0.428. The monoisotopic (exact) mass is 430 g/mol. The molecule has 0 spiro atoms. The lowest BCUT2D eigenvalue weighted by atomic mass is 10.1. The van der Waals surface area contributed by atoms with Gasteiger partial charge in [0, 0.05) is 35.4 Å². The SMILES string of the molecule is O=C1CN(c2ccc(NC(=O)c3cc(-c4cccc(Cl)c4)on3)cc2Cl)CCN1. The highest BCUT2D eigenvalue weighted by atomic mass is 35.5. The fraction of sp³-hybridized carbons (Fsp3) is 0.150. The van der Waals surface area contributed by atoms with Crippen molar-refractivity contribution in [1.29, 1.82) is 0 Å². The first-order chi connectivity index (χ1) is 14.0. The van der Waals surface area contributed by atoms with Crippen molar-refractivity contribution < 1.29 is 14.1 Å². The summed E-state index contributed by atoms with van der Waals surface area (Å²) in [5, 5.41) is 10.3. The number of rotatable bonds is 4. The van der Waals surface area contributed by atoms with E-state index in [4.69, 9.17) is 27.7 Å². The number of benzene rings is 2. The van der Waals surface area contributed by atoms with Gasteiger partial charge in [0.1, 0.15) is 0 Å². The van der Waals surface area contributed by atoms with Gasteiger partial charge in [-0.1, -0.05) is 40.5 Å². The molecule has 0 radical (unpaired) electrons. The lowest BCUT2D eigenvalue weighted by Gasteiger charge is -2.29. The van der Waals surface area contributed by atoms with Gasteiger partial charge in [-0.3, -0.25) is 9.59 Å². The molecule has 2 N–H and O–H groups in total. The molecule has 9 heteroatoms. The summed E-state index contributed by atoms with van der Waals surface area (Å²) in [6.45, 7) is 1.48. The summed E-state index contributed by atoms with van der Waals surface area (Å²) in [6, 6.07) is 13.8. The molecular weight excluding hydrogens is 415 g/mol. The zero-order chi connectivity index (χ0) is 20.4. The number of anilines is 2. The fourth-order valence-corrected chi connectivity index (χ4v) is 3.53. The van der Waals surface area contributed by atoms with E-state index < -0.39 is 5.91 Å². The molecule has 0 bridgehead atoms. The second kappa shape index (κ2) is 8.14. The number of carbonyl (C=O) groups is 2. The molecule has 2 amide bonds. The number of piperazine rings is 1. The predicted octanol–water partition coefficient (Wildman–Crippen LogP) is 3.84. The molecule has 1 aliphatic rings. The third kappa shape index (κ3) is 4.36. The predicted molar refractivity (Wildman–Crippen MR) is 112 cm³/mol. The Kier molecular flexibility index (Phi) is 5.42. The van der Waals surface area contributed by atoms with E-state index in [0.29, 0.717) is 34.6 Å². The van der Waals surface area contributed by atoms with Gasteiger partial charge >= 0.3 is 0 Å². The van der Waals surface area contributed by atoms with E-state index in [1.807, 2.05) is 11.0 Å². The first-order valence-electron chi connectivity index (χ1n) is 8.85. The van der Waals surface area contributed by atoms with Crippen LogP contribution >= 0.6 is 23.2 Å². The topological polar surface area (TPSA) is 87.5 Å². The van der Waals surface area contributed by atoms with Gasteiger partial charge < -0.3 is 20.1 Å². The quantitative estimate of drug-likeness (QED) is 0.656. The average molecular weight is 431 g/mol. The maximum atomic E-state index is 12.5. The second-order valence-corrected chi connectivity index (χ2v) is 7.32. The van der Waals surface area contributed by atoms with E-state index in [-0.39, 0.29) is 18.1 Å². The number of halogens is 2. The van der Waals surface area contributed by atoms with E-state index in [0.717, 1.165) is 11.3 Å². The summed E-state index contributed by atoms with van der Waals surface area (Å²) >= 11 is 12.4. The van der Waals surface area contributed by atoms with E-state index in [1.54, 1.807) is 42.5 Å². The van der Waals surface area contributed by atoms with Gasteiger partial charge in [0.2, 0.25) is 5.91 Å². The van der Waals surface area contributed by atoms with Crippen LogP contribution in [-0.2, 0) is 4.79 Å². The molecule has 4 rings (SSSR count). The number of hydrogen-bond donors (Lipinski definition) is 2. The van der Waals surface area contributed by atoms with Crippen LogP contribution in [0.5, 0.6) is 0 Å². The van der Waals surface area contributed by atoms with E-state index >= 15 is 0 Å². The molecule has 7 nitrogen and oxygen atoms in total. The molecule has 2 aromatic carbocycles. The Balaban J connectivity index is 1.47. The van der Waals surface area contributed by atoms with Crippen LogP contribution in [0.2, 0.25) is 10.0 Å². The van der Waals surface area contributed by atoms with E-state index in [2.05, 4.69) is 15.8 Å². The van der Waals surface area contributed by atoms with Gasteiger partial charge in [-0.15, -0.1) is 0 Å². The second-order valence-electron chi connectivity index (χ2n) is 6.48. The van der Waals surface area contributed by atoms with E-state index in [1.165, 1.54) is 0 Å². The molecule has 148 valence electrons. The lowest BCUT2D eigenvalue weighted by molar-refractivity contribution is -0.120. The Morgan fingerprint density at radius 3 is 2.79 bits per heavy atom. The first-order valence-corrected chi connectivity index (χ1v) is 9.60. The van der Waals surface area contributed by atoms with Crippen molar-refractivity contribution >= 4 is 46.4 Å². The summed E-state index contributed by atoms with van der Waals surface area (Å²) in [4.78, 5) is 26.0. The summed E-state index contributed by atoms with van der Waals surface area (Å²) in [5.41, 5.74) is 2.11. The highest BCUT2D eigenvalue weighted by molar-refractivity contribution is 6.33. The minimum Gasteiger partial charge on any atom is -0.359 e. The molecule has 0 aliphatic carbocycles. The van der Waals surface area contributed by atoms with Crippen LogP contribution in [0, 0.1) is 0 Å². The molecule has 2 heterocycles. The molecule has 1 aromatic heterocycles. The molecular formula is C20H16Cl2N4O3. The van der Waals surface area contributed by atoms with Crippen molar-refractivity contribution in [2.45, 2.75) is 0 Å². The Morgan fingerprint density at radius 1 is 1.17 bits per heavy atom. The molecule has 29 heavy (non-hydrogen) atoms. The van der Waals surface area contributed by atoms with E-state index in [9.17, 15) is 9.59 Å². The number of aromatic nitrogens is 1. The zero-order valence-electron chi connectivity index (χ0n) is 15.1. The minimum absolute atomic E-state index is 0.0498. The number of nitrogens with zero attached hydrogens (tertiary/aromatic N) is 2. The van der Waals surface area contributed by atoms with Crippen LogP contribution < -0.4 is 15.5 Å². The molecule has 0 unspecified atom stereocenters. The Hall–Kier alpha value is -3.03. The largest absolute Gasteiger partial charge is 0.359 e. The smallest absolute Gasteiger partial charge is 0.277 e. The van der Waals surface area contributed by atoms with Gasteiger partial charge in [0.15, 0.2) is 11.5 Å². The number of carbonyl (C=O) groups excluding carboxylic acids is 2. The Bertz CT molecular complexity index is 1080. The zero-order valence-corrected chi connectivity index (χ0v) is 16.6. The third-order valence-electron chi connectivity index (χ3n) is 4.44. The van der Waals surface area contributed by atoms with Gasteiger partial charge in [-0.25, -0.2) is 0 Å². The fourth-order valence-electron chi connectivity index (χ4n) is 3.04. The van der Waals surface area contributed by atoms with Crippen molar-refractivity contribution in [2.24, 2.45) is 0 Å². The number of nitrogens with one attached hydrogen (secondary N) is 2. The Morgan fingerprint density at radius 2 is 2.03 bits per heavy atom. The maximum absolute atomic E-state index is 12.5. The normalized spacial score (nSPS) is 13.9.